The highest BCUT2D eigenvalue weighted by molar-refractivity contribution is 5.89. The average molecular weight is 415 g/mol. The maximum atomic E-state index is 12.2. The van der Waals surface area contributed by atoms with Gasteiger partial charge in [0, 0.05) is 36.6 Å². The molecule has 158 valence electrons. The summed E-state index contributed by atoms with van der Waals surface area (Å²) in [5, 5.41) is 5.72. The smallest absolute Gasteiger partial charge is 0.319 e. The summed E-state index contributed by atoms with van der Waals surface area (Å²) in [6.07, 6.45) is 2.52. The van der Waals surface area contributed by atoms with Gasteiger partial charge in [0.1, 0.15) is 17.1 Å². The second-order valence-electron chi connectivity index (χ2n) is 7.27. The minimum atomic E-state index is -0.249. The zero-order chi connectivity index (χ0) is 21.6. The molecule has 0 saturated carbocycles. The van der Waals surface area contributed by atoms with E-state index >= 15 is 0 Å². The Morgan fingerprint density at radius 2 is 1.94 bits per heavy atom. The minimum Gasteiger partial charge on any atom is -0.497 e. The van der Waals surface area contributed by atoms with Gasteiger partial charge in [-0.05, 0) is 37.6 Å². The zero-order valence-electron chi connectivity index (χ0n) is 17.6. The molecule has 7 nitrogen and oxygen atoms in total. The van der Waals surface area contributed by atoms with Crippen LogP contribution in [0, 0.1) is 6.92 Å². The van der Waals surface area contributed by atoms with Gasteiger partial charge in [0.2, 0.25) is 0 Å². The lowest BCUT2D eigenvalue weighted by Gasteiger charge is -2.11. The third kappa shape index (κ3) is 4.83. The second kappa shape index (κ2) is 9.30. The van der Waals surface area contributed by atoms with Crippen LogP contribution in [-0.4, -0.2) is 34.2 Å². The van der Waals surface area contributed by atoms with Gasteiger partial charge >= 0.3 is 6.03 Å². The highest BCUT2D eigenvalue weighted by Gasteiger charge is 2.13. The van der Waals surface area contributed by atoms with Gasteiger partial charge in [-0.3, -0.25) is 0 Å². The van der Waals surface area contributed by atoms with Gasteiger partial charge in [-0.15, -0.1) is 0 Å². The van der Waals surface area contributed by atoms with E-state index in [0.29, 0.717) is 24.5 Å². The van der Waals surface area contributed by atoms with Crippen molar-refractivity contribution in [3.8, 4) is 17.1 Å². The monoisotopic (exact) mass is 415 g/mol. The molecule has 0 saturated heterocycles. The number of pyridine rings is 1. The molecule has 0 unspecified atom stereocenters. The summed E-state index contributed by atoms with van der Waals surface area (Å²) in [6.45, 7) is 3.28. The van der Waals surface area contributed by atoms with E-state index in [2.05, 4.69) is 51.4 Å². The Balaban J connectivity index is 1.41. The van der Waals surface area contributed by atoms with Crippen LogP contribution in [0.2, 0.25) is 0 Å². The maximum absolute atomic E-state index is 12.2. The normalized spacial score (nSPS) is 10.8. The van der Waals surface area contributed by atoms with Crippen molar-refractivity contribution >= 4 is 22.9 Å². The van der Waals surface area contributed by atoms with Crippen LogP contribution in [0.3, 0.4) is 0 Å². The summed E-state index contributed by atoms with van der Waals surface area (Å²) in [5.74, 6) is 1.58. The molecular formula is C24H25N5O2. The number of carbonyl (C=O) groups excluding carboxylic acids is 1. The maximum Gasteiger partial charge on any atom is 0.319 e. The summed E-state index contributed by atoms with van der Waals surface area (Å²) in [4.78, 5) is 21.5. The molecule has 7 heteroatoms. The Hall–Kier alpha value is -3.87. The number of urea groups is 1. The van der Waals surface area contributed by atoms with E-state index in [-0.39, 0.29) is 6.03 Å². The van der Waals surface area contributed by atoms with Crippen LogP contribution in [-0.2, 0) is 6.54 Å². The van der Waals surface area contributed by atoms with Gasteiger partial charge < -0.3 is 19.9 Å². The summed E-state index contributed by atoms with van der Waals surface area (Å²) in [6, 6.07) is 19.2. The Kier molecular flexibility index (Phi) is 6.12. The van der Waals surface area contributed by atoms with Crippen LogP contribution in [0.5, 0.6) is 5.75 Å². The summed E-state index contributed by atoms with van der Waals surface area (Å²) >= 11 is 0. The quantitative estimate of drug-likeness (QED) is 0.431. The van der Waals surface area contributed by atoms with Gasteiger partial charge in [-0.2, -0.15) is 0 Å². The zero-order valence-corrected chi connectivity index (χ0v) is 17.6. The van der Waals surface area contributed by atoms with Crippen LogP contribution < -0.4 is 15.4 Å². The molecule has 4 aromatic rings. The number of imidazole rings is 1. The van der Waals surface area contributed by atoms with Crippen molar-refractivity contribution in [3.05, 3.63) is 72.4 Å². The highest BCUT2D eigenvalue weighted by Crippen LogP contribution is 2.24. The predicted molar refractivity (Wildman–Crippen MR) is 122 cm³/mol. The topological polar surface area (TPSA) is 81.1 Å². The van der Waals surface area contributed by atoms with E-state index < -0.39 is 0 Å². The molecule has 0 bridgehead atoms. The molecule has 0 fully saturated rings. The first-order valence-electron chi connectivity index (χ1n) is 10.2. The van der Waals surface area contributed by atoms with Gasteiger partial charge in [0.05, 0.1) is 7.11 Å². The largest absolute Gasteiger partial charge is 0.497 e. The molecule has 2 aromatic heterocycles. The van der Waals surface area contributed by atoms with Crippen molar-refractivity contribution in [1.82, 2.24) is 19.9 Å². The molecule has 0 aliphatic rings. The van der Waals surface area contributed by atoms with Gasteiger partial charge in [0.25, 0.3) is 0 Å². The number of carbonyl (C=O) groups is 1. The van der Waals surface area contributed by atoms with Crippen LogP contribution in [0.15, 0.2) is 66.9 Å². The standard InChI is InChI=1S/C24H25N5O2/c1-17-9-11-18(12-10-17)22-28-21-8-4-13-25-23(21)29(22)15-5-14-26-24(30)27-19-6-3-7-20(16-19)31-2/h3-4,6-13,16H,5,14-15H2,1-2H3,(H2,26,27,30). The Morgan fingerprint density at radius 1 is 1.10 bits per heavy atom. The number of nitrogens with zero attached hydrogens (tertiary/aromatic N) is 3. The third-order valence-electron chi connectivity index (χ3n) is 4.99. The third-order valence-corrected chi connectivity index (χ3v) is 4.99. The SMILES string of the molecule is COc1cccc(NC(=O)NCCCn2c(-c3ccc(C)cc3)nc3cccnc32)c1. The minimum absolute atomic E-state index is 0.249. The first kappa shape index (κ1) is 20.4. The van der Waals surface area contributed by atoms with E-state index in [1.165, 1.54) is 5.56 Å². The molecule has 2 amide bonds. The summed E-state index contributed by atoms with van der Waals surface area (Å²) < 4.78 is 7.29. The van der Waals surface area contributed by atoms with E-state index in [1.807, 2.05) is 30.3 Å². The number of ether oxygens (including phenoxy) is 1. The summed E-state index contributed by atoms with van der Waals surface area (Å²) in [5.41, 5.74) is 4.65. The highest BCUT2D eigenvalue weighted by atomic mass is 16.5. The van der Waals surface area contributed by atoms with Crippen molar-refractivity contribution in [3.63, 3.8) is 0 Å². The summed E-state index contributed by atoms with van der Waals surface area (Å²) in [7, 11) is 1.60. The van der Waals surface area contributed by atoms with E-state index in [4.69, 9.17) is 9.72 Å². The number of anilines is 1. The van der Waals surface area contributed by atoms with Gasteiger partial charge in [-0.25, -0.2) is 14.8 Å². The van der Waals surface area contributed by atoms with E-state index in [1.54, 1.807) is 19.4 Å². The lowest BCUT2D eigenvalue weighted by atomic mass is 10.1. The molecule has 0 aliphatic heterocycles. The fraction of sp³-hybridized carbons (Fsp3) is 0.208. The second-order valence-corrected chi connectivity index (χ2v) is 7.27. The van der Waals surface area contributed by atoms with Crippen molar-refractivity contribution < 1.29 is 9.53 Å². The van der Waals surface area contributed by atoms with Crippen molar-refractivity contribution in [2.75, 3.05) is 19.0 Å². The van der Waals surface area contributed by atoms with E-state index in [0.717, 1.165) is 29.0 Å². The van der Waals surface area contributed by atoms with Gasteiger partial charge in [0.15, 0.2) is 5.65 Å². The number of rotatable bonds is 7. The number of amides is 2. The molecular weight excluding hydrogens is 390 g/mol. The average Bonchev–Trinajstić information content (AvgIpc) is 3.16. The Bertz CT molecular complexity index is 1180. The van der Waals surface area contributed by atoms with Crippen LogP contribution in [0.1, 0.15) is 12.0 Å². The number of hydrogen-bond acceptors (Lipinski definition) is 4. The van der Waals surface area contributed by atoms with Crippen LogP contribution >= 0.6 is 0 Å². The van der Waals surface area contributed by atoms with Crippen LogP contribution in [0.4, 0.5) is 10.5 Å². The fourth-order valence-corrected chi connectivity index (χ4v) is 3.41. The lowest BCUT2D eigenvalue weighted by Crippen LogP contribution is -2.30. The number of methoxy groups -OCH3 is 1. The first-order chi connectivity index (χ1) is 15.1. The van der Waals surface area contributed by atoms with Crippen molar-refractivity contribution in [2.45, 2.75) is 19.9 Å². The molecule has 31 heavy (non-hydrogen) atoms. The number of aromatic nitrogens is 3. The molecule has 2 N–H and O–H groups in total. The van der Waals surface area contributed by atoms with E-state index in [9.17, 15) is 4.79 Å². The predicted octanol–water partition coefficient (Wildman–Crippen LogP) is 4.63. The molecule has 4 rings (SSSR count). The molecule has 2 aromatic carbocycles. The molecule has 0 spiro atoms. The Morgan fingerprint density at radius 3 is 2.74 bits per heavy atom. The van der Waals surface area contributed by atoms with Crippen molar-refractivity contribution in [1.29, 1.82) is 0 Å². The van der Waals surface area contributed by atoms with Crippen molar-refractivity contribution in [2.24, 2.45) is 0 Å². The number of benzene rings is 2. The molecule has 0 radical (unpaired) electrons. The number of nitrogens with one attached hydrogen (secondary N) is 2. The number of hydrogen-bond donors (Lipinski definition) is 2. The lowest BCUT2D eigenvalue weighted by molar-refractivity contribution is 0.252. The molecule has 0 aliphatic carbocycles. The van der Waals surface area contributed by atoms with Gasteiger partial charge in [-0.1, -0.05) is 35.9 Å². The van der Waals surface area contributed by atoms with Crippen LogP contribution in [0.25, 0.3) is 22.6 Å². The Labute approximate surface area is 181 Å². The number of aryl methyl sites for hydroxylation is 2. The molecule has 0 atom stereocenters. The number of fused-ring (bicyclic) bond motifs is 1. The first-order valence-corrected chi connectivity index (χ1v) is 10.2. The fourth-order valence-electron chi connectivity index (χ4n) is 3.41. The molecule has 2 heterocycles.